The number of aromatic nitrogens is 1. The molecule has 2 rings (SSSR count). The first kappa shape index (κ1) is 13.5. The van der Waals surface area contributed by atoms with Gasteiger partial charge in [0.15, 0.2) is 0 Å². The molecule has 0 aliphatic rings. The number of para-hydroxylation sites is 1. The Morgan fingerprint density at radius 3 is 2.94 bits per heavy atom. The molecule has 3 nitrogen and oxygen atoms in total. The molecule has 0 radical (unpaired) electrons. The van der Waals surface area contributed by atoms with E-state index < -0.39 is 0 Å². The van der Waals surface area contributed by atoms with E-state index in [1.807, 2.05) is 6.07 Å². The Kier molecular flexibility index (Phi) is 5.11. The van der Waals surface area contributed by atoms with Crippen LogP contribution in [0.25, 0.3) is 10.2 Å². The van der Waals surface area contributed by atoms with Gasteiger partial charge in [0.1, 0.15) is 5.01 Å². The average molecular weight is 264 g/mol. The number of hydrogen-bond donors (Lipinski definition) is 1. The van der Waals surface area contributed by atoms with Gasteiger partial charge in [0.2, 0.25) is 0 Å². The van der Waals surface area contributed by atoms with Crippen LogP contribution in [0, 0.1) is 5.92 Å². The third kappa shape index (κ3) is 4.05. The zero-order chi connectivity index (χ0) is 12.8. The number of thiazole rings is 1. The second-order valence-electron chi connectivity index (χ2n) is 4.72. The summed E-state index contributed by atoms with van der Waals surface area (Å²) >= 11 is 1.75. The second-order valence-corrected chi connectivity index (χ2v) is 5.84. The first-order chi connectivity index (χ1) is 8.75. The smallest absolute Gasteiger partial charge is 0.108 e. The van der Waals surface area contributed by atoms with Crippen molar-refractivity contribution in [3.8, 4) is 0 Å². The Labute approximate surface area is 112 Å². The van der Waals surface area contributed by atoms with Gasteiger partial charge in [-0.1, -0.05) is 26.0 Å². The highest BCUT2D eigenvalue weighted by atomic mass is 32.1. The first-order valence-electron chi connectivity index (χ1n) is 6.38. The summed E-state index contributed by atoms with van der Waals surface area (Å²) in [6, 6.07) is 8.25. The summed E-state index contributed by atoms with van der Waals surface area (Å²) in [6.07, 6.45) is 0. The standard InChI is InChI=1S/C14H20N2OS/c1-11(2)10-17-8-7-15-9-14-16-12-5-3-4-6-13(12)18-14/h3-6,11,15H,7-10H2,1-2H3. The van der Waals surface area contributed by atoms with Crippen molar-refractivity contribution in [3.63, 3.8) is 0 Å². The molecule has 0 saturated carbocycles. The van der Waals surface area contributed by atoms with Crippen molar-refractivity contribution in [3.05, 3.63) is 29.3 Å². The van der Waals surface area contributed by atoms with Gasteiger partial charge in [-0.25, -0.2) is 4.98 Å². The highest BCUT2D eigenvalue weighted by Gasteiger charge is 2.02. The monoisotopic (exact) mass is 264 g/mol. The molecule has 1 N–H and O–H groups in total. The van der Waals surface area contributed by atoms with Crippen molar-refractivity contribution in [2.75, 3.05) is 19.8 Å². The molecule has 0 saturated heterocycles. The van der Waals surface area contributed by atoms with E-state index in [1.54, 1.807) is 11.3 Å². The van der Waals surface area contributed by atoms with Crippen molar-refractivity contribution in [1.82, 2.24) is 10.3 Å². The van der Waals surface area contributed by atoms with Gasteiger partial charge in [0.05, 0.1) is 16.8 Å². The molecule has 2 aromatic rings. The van der Waals surface area contributed by atoms with Crippen LogP contribution >= 0.6 is 11.3 Å². The molecule has 0 aliphatic carbocycles. The van der Waals surface area contributed by atoms with Gasteiger partial charge in [-0.3, -0.25) is 0 Å². The highest BCUT2D eigenvalue weighted by molar-refractivity contribution is 7.18. The second kappa shape index (κ2) is 6.83. The molecule has 0 spiro atoms. The van der Waals surface area contributed by atoms with Gasteiger partial charge < -0.3 is 10.1 Å². The van der Waals surface area contributed by atoms with Crippen molar-refractivity contribution in [2.45, 2.75) is 20.4 Å². The number of rotatable bonds is 7. The van der Waals surface area contributed by atoms with E-state index in [2.05, 4.69) is 42.3 Å². The van der Waals surface area contributed by atoms with Crippen molar-refractivity contribution >= 4 is 21.6 Å². The molecular formula is C14H20N2OS. The molecule has 1 heterocycles. The van der Waals surface area contributed by atoms with Crippen molar-refractivity contribution < 1.29 is 4.74 Å². The minimum Gasteiger partial charge on any atom is -0.380 e. The number of nitrogens with one attached hydrogen (secondary N) is 1. The van der Waals surface area contributed by atoms with Gasteiger partial charge >= 0.3 is 0 Å². The molecule has 1 aromatic heterocycles. The van der Waals surface area contributed by atoms with Gasteiger partial charge in [0, 0.05) is 19.7 Å². The Morgan fingerprint density at radius 1 is 1.33 bits per heavy atom. The number of ether oxygens (including phenoxy) is 1. The van der Waals surface area contributed by atoms with Crippen LogP contribution in [0.3, 0.4) is 0 Å². The summed E-state index contributed by atoms with van der Waals surface area (Å²) in [5.74, 6) is 0.606. The fourth-order valence-corrected chi connectivity index (χ4v) is 2.59. The van der Waals surface area contributed by atoms with Gasteiger partial charge in [-0.05, 0) is 18.1 Å². The molecule has 0 amide bonds. The zero-order valence-electron chi connectivity index (χ0n) is 11.0. The third-order valence-corrected chi connectivity index (χ3v) is 3.53. The van der Waals surface area contributed by atoms with E-state index >= 15 is 0 Å². The largest absolute Gasteiger partial charge is 0.380 e. The van der Waals surface area contributed by atoms with Crippen LogP contribution in [0.15, 0.2) is 24.3 Å². The molecule has 0 bridgehead atoms. The van der Waals surface area contributed by atoms with Crippen LogP contribution in [0.5, 0.6) is 0 Å². The van der Waals surface area contributed by atoms with E-state index in [4.69, 9.17) is 4.74 Å². The molecule has 0 atom stereocenters. The van der Waals surface area contributed by atoms with Crippen LogP contribution in [-0.4, -0.2) is 24.7 Å². The van der Waals surface area contributed by atoms with E-state index in [-0.39, 0.29) is 0 Å². The lowest BCUT2D eigenvalue weighted by Gasteiger charge is -2.06. The summed E-state index contributed by atoms with van der Waals surface area (Å²) in [7, 11) is 0. The van der Waals surface area contributed by atoms with Gasteiger partial charge in [-0.2, -0.15) is 0 Å². The van der Waals surface area contributed by atoms with Crippen LogP contribution < -0.4 is 5.32 Å². The maximum Gasteiger partial charge on any atom is 0.108 e. The molecule has 18 heavy (non-hydrogen) atoms. The summed E-state index contributed by atoms with van der Waals surface area (Å²) < 4.78 is 6.77. The highest BCUT2D eigenvalue weighted by Crippen LogP contribution is 2.21. The summed E-state index contributed by atoms with van der Waals surface area (Å²) in [5, 5.41) is 4.50. The lowest BCUT2D eigenvalue weighted by molar-refractivity contribution is 0.111. The molecule has 0 aliphatic heterocycles. The normalized spacial score (nSPS) is 11.5. The van der Waals surface area contributed by atoms with Gasteiger partial charge in [-0.15, -0.1) is 11.3 Å². The summed E-state index contributed by atoms with van der Waals surface area (Å²) in [4.78, 5) is 4.57. The third-order valence-electron chi connectivity index (χ3n) is 2.49. The molecular weight excluding hydrogens is 244 g/mol. The molecule has 0 fully saturated rings. The zero-order valence-corrected chi connectivity index (χ0v) is 11.8. The van der Waals surface area contributed by atoms with Gasteiger partial charge in [0.25, 0.3) is 0 Å². The Morgan fingerprint density at radius 2 is 2.17 bits per heavy atom. The van der Waals surface area contributed by atoms with E-state index in [0.29, 0.717) is 5.92 Å². The van der Waals surface area contributed by atoms with Crippen LogP contribution in [0.4, 0.5) is 0 Å². The first-order valence-corrected chi connectivity index (χ1v) is 7.20. The Hall–Kier alpha value is -0.970. The van der Waals surface area contributed by atoms with Crippen LogP contribution in [0.1, 0.15) is 18.9 Å². The minimum absolute atomic E-state index is 0.606. The molecule has 98 valence electrons. The predicted molar refractivity (Wildman–Crippen MR) is 77.0 cm³/mol. The number of benzene rings is 1. The maximum absolute atomic E-state index is 5.51. The average Bonchev–Trinajstić information content (AvgIpc) is 2.75. The number of fused-ring (bicyclic) bond motifs is 1. The fraction of sp³-hybridized carbons (Fsp3) is 0.500. The van der Waals surface area contributed by atoms with E-state index in [0.717, 1.165) is 36.8 Å². The minimum atomic E-state index is 0.606. The molecule has 1 aromatic carbocycles. The van der Waals surface area contributed by atoms with Crippen molar-refractivity contribution in [2.24, 2.45) is 5.92 Å². The molecule has 4 heteroatoms. The SMILES string of the molecule is CC(C)COCCNCc1nc2ccccc2s1. The Balaban J connectivity index is 1.70. The fourth-order valence-electron chi connectivity index (χ4n) is 1.65. The number of nitrogens with zero attached hydrogens (tertiary/aromatic N) is 1. The lowest BCUT2D eigenvalue weighted by atomic mass is 10.2. The maximum atomic E-state index is 5.51. The summed E-state index contributed by atoms with van der Waals surface area (Å²) in [5.41, 5.74) is 1.09. The number of hydrogen-bond acceptors (Lipinski definition) is 4. The summed E-state index contributed by atoms with van der Waals surface area (Å²) in [6.45, 7) is 7.63. The van der Waals surface area contributed by atoms with E-state index in [1.165, 1.54) is 4.70 Å². The van der Waals surface area contributed by atoms with E-state index in [9.17, 15) is 0 Å². The molecule has 0 unspecified atom stereocenters. The predicted octanol–water partition coefficient (Wildman–Crippen LogP) is 3.06. The van der Waals surface area contributed by atoms with Crippen molar-refractivity contribution in [1.29, 1.82) is 0 Å². The quantitative estimate of drug-likeness (QED) is 0.780. The topological polar surface area (TPSA) is 34.1 Å². The van der Waals surface area contributed by atoms with Crippen LogP contribution in [-0.2, 0) is 11.3 Å². The van der Waals surface area contributed by atoms with Crippen LogP contribution in [0.2, 0.25) is 0 Å². The Bertz CT molecular complexity index is 448. The lowest BCUT2D eigenvalue weighted by Crippen LogP contribution is -2.20.